The molecule has 3 aromatic heterocycles. The van der Waals surface area contributed by atoms with Gasteiger partial charge in [0.15, 0.2) is 23.1 Å². The molecule has 2 aliphatic heterocycles. The average molecular weight is 452 g/mol. The molecule has 10 heteroatoms. The summed E-state index contributed by atoms with van der Waals surface area (Å²) in [6, 6.07) is 5.12. The maximum Gasteiger partial charge on any atom is 0.254 e. The zero-order chi connectivity index (χ0) is 22.9. The minimum absolute atomic E-state index is 0.0732. The average Bonchev–Trinajstić information content (AvgIpc) is 3.39. The Labute approximate surface area is 186 Å². The Hall–Kier alpha value is -3.69. The molecular formula is C23H19F3N6O. The van der Waals surface area contributed by atoms with Crippen molar-refractivity contribution < 1.29 is 18.0 Å². The van der Waals surface area contributed by atoms with Crippen molar-refractivity contribution in [2.75, 3.05) is 0 Å². The van der Waals surface area contributed by atoms with Gasteiger partial charge in [-0.05, 0) is 49.9 Å². The number of halogens is 3. The largest absolute Gasteiger partial charge is 0.327 e. The Balaban J connectivity index is 1.43. The second-order valence-corrected chi connectivity index (χ2v) is 8.59. The molecule has 2 bridgehead atoms. The first kappa shape index (κ1) is 20.0. The van der Waals surface area contributed by atoms with Crippen molar-refractivity contribution in [3.05, 3.63) is 71.1 Å². The predicted octanol–water partition coefficient (Wildman–Crippen LogP) is 3.84. The van der Waals surface area contributed by atoms with Crippen LogP contribution in [0.1, 0.15) is 46.9 Å². The summed E-state index contributed by atoms with van der Waals surface area (Å²) in [4.78, 5) is 19.6. The summed E-state index contributed by atoms with van der Waals surface area (Å²) in [6.45, 7) is 0. The van der Waals surface area contributed by atoms with Crippen LogP contribution in [0.2, 0.25) is 0 Å². The van der Waals surface area contributed by atoms with Crippen molar-refractivity contribution in [3.63, 3.8) is 0 Å². The van der Waals surface area contributed by atoms with E-state index in [9.17, 15) is 18.0 Å². The van der Waals surface area contributed by atoms with Crippen molar-refractivity contribution in [2.24, 2.45) is 7.05 Å². The van der Waals surface area contributed by atoms with E-state index in [1.165, 1.54) is 6.33 Å². The number of carbonyl (C=O) groups is 1. The summed E-state index contributed by atoms with van der Waals surface area (Å²) >= 11 is 0. The van der Waals surface area contributed by atoms with Gasteiger partial charge in [0.1, 0.15) is 6.33 Å². The van der Waals surface area contributed by atoms with E-state index in [2.05, 4.69) is 15.2 Å². The molecule has 1 saturated heterocycles. The molecule has 0 spiro atoms. The molecule has 5 heterocycles. The number of hydrogen-bond donors (Lipinski definition) is 0. The van der Waals surface area contributed by atoms with Crippen molar-refractivity contribution in [1.29, 1.82) is 0 Å². The zero-order valence-corrected chi connectivity index (χ0v) is 17.7. The lowest BCUT2D eigenvalue weighted by Gasteiger charge is -2.45. The Morgan fingerprint density at radius 2 is 1.91 bits per heavy atom. The summed E-state index contributed by atoms with van der Waals surface area (Å²) in [5.41, 5.74) is 3.48. The minimum Gasteiger partial charge on any atom is -0.327 e. The summed E-state index contributed by atoms with van der Waals surface area (Å²) in [5, 5.41) is 8.72. The van der Waals surface area contributed by atoms with E-state index in [-0.39, 0.29) is 23.6 Å². The van der Waals surface area contributed by atoms with Crippen LogP contribution in [0, 0.1) is 17.5 Å². The Kier molecular flexibility index (Phi) is 4.33. The van der Waals surface area contributed by atoms with Crippen molar-refractivity contribution >= 4 is 11.6 Å². The Bertz CT molecular complexity index is 1400. The number of pyridine rings is 1. The van der Waals surface area contributed by atoms with Crippen LogP contribution in [0.5, 0.6) is 0 Å². The molecule has 1 aromatic carbocycles. The van der Waals surface area contributed by atoms with E-state index >= 15 is 0 Å². The van der Waals surface area contributed by atoms with Crippen molar-refractivity contribution in [1.82, 2.24) is 29.3 Å². The molecule has 7 nitrogen and oxygen atoms in total. The highest BCUT2D eigenvalue weighted by Gasteiger charge is 2.43. The third kappa shape index (κ3) is 2.96. The number of carbonyl (C=O) groups excluding carboxylic acids is 1. The van der Waals surface area contributed by atoms with E-state index in [4.69, 9.17) is 0 Å². The molecular weight excluding hydrogens is 433 g/mol. The third-order valence-corrected chi connectivity index (χ3v) is 6.70. The molecule has 0 radical (unpaired) electrons. The number of rotatable bonds is 2. The topological polar surface area (TPSA) is 68.3 Å². The first-order valence-electron chi connectivity index (χ1n) is 10.7. The molecule has 1 amide bonds. The molecule has 6 rings (SSSR count). The first-order chi connectivity index (χ1) is 15.9. The van der Waals surface area contributed by atoms with Gasteiger partial charge in [-0.15, -0.1) is 0 Å². The molecule has 168 valence electrons. The van der Waals surface area contributed by atoms with Crippen LogP contribution in [-0.4, -0.2) is 41.2 Å². The van der Waals surface area contributed by atoms with Crippen LogP contribution in [0.15, 0.2) is 36.8 Å². The van der Waals surface area contributed by atoms with Crippen molar-refractivity contribution in [3.8, 4) is 11.3 Å². The number of aromatic nitrogens is 5. The standard InChI is InChI=1S/C23H19F3N6O/c1-30-22(13-7-16(24)20(26)17(25)8-13)15-10-14-3-2-4-18(21(15)29-30)32(14)23(33)12-5-6-31-19(9-12)27-11-28-31/h5-9,11,14,18H,2-4,10H2,1H3. The van der Waals surface area contributed by atoms with E-state index in [0.717, 1.165) is 42.7 Å². The fraction of sp³-hybridized carbons (Fsp3) is 0.304. The Morgan fingerprint density at radius 1 is 1.12 bits per heavy atom. The van der Waals surface area contributed by atoms with Crippen molar-refractivity contribution in [2.45, 2.75) is 37.8 Å². The van der Waals surface area contributed by atoms with E-state index in [0.29, 0.717) is 23.3 Å². The molecule has 1 fully saturated rings. The van der Waals surface area contributed by atoms with Crippen LogP contribution in [-0.2, 0) is 13.5 Å². The lowest BCUT2D eigenvalue weighted by Crippen LogP contribution is -2.49. The first-order valence-corrected chi connectivity index (χ1v) is 10.7. The summed E-state index contributed by atoms with van der Waals surface area (Å²) in [6.07, 6.45) is 6.15. The fourth-order valence-corrected chi connectivity index (χ4v) is 5.30. The maximum atomic E-state index is 14.0. The van der Waals surface area contributed by atoms with Crippen LogP contribution in [0.4, 0.5) is 13.2 Å². The molecule has 4 aromatic rings. The molecule has 0 aliphatic carbocycles. The third-order valence-electron chi connectivity index (χ3n) is 6.70. The Morgan fingerprint density at radius 3 is 2.70 bits per heavy atom. The van der Waals surface area contributed by atoms with Gasteiger partial charge >= 0.3 is 0 Å². The van der Waals surface area contributed by atoms with Crippen LogP contribution in [0.25, 0.3) is 16.9 Å². The van der Waals surface area contributed by atoms with Gasteiger partial charge in [0.2, 0.25) is 0 Å². The predicted molar refractivity (Wildman–Crippen MR) is 112 cm³/mol. The molecule has 0 saturated carbocycles. The van der Waals surface area contributed by atoms with Gasteiger partial charge in [0.05, 0.1) is 17.4 Å². The van der Waals surface area contributed by atoms with Gasteiger partial charge in [0.25, 0.3) is 5.91 Å². The van der Waals surface area contributed by atoms with Gasteiger partial charge in [0, 0.05) is 36.0 Å². The summed E-state index contributed by atoms with van der Waals surface area (Å²) in [7, 11) is 1.70. The molecule has 0 N–H and O–H groups in total. The monoisotopic (exact) mass is 452 g/mol. The lowest BCUT2D eigenvalue weighted by atomic mass is 9.81. The van der Waals surface area contributed by atoms with E-state index in [1.54, 1.807) is 34.6 Å². The van der Waals surface area contributed by atoms with Crippen LogP contribution >= 0.6 is 0 Å². The molecule has 2 aliphatic rings. The van der Waals surface area contributed by atoms with Crippen LogP contribution in [0.3, 0.4) is 0 Å². The number of benzene rings is 1. The molecule has 33 heavy (non-hydrogen) atoms. The van der Waals surface area contributed by atoms with E-state index in [1.807, 2.05) is 4.90 Å². The molecule has 2 unspecified atom stereocenters. The highest BCUT2D eigenvalue weighted by atomic mass is 19.2. The van der Waals surface area contributed by atoms with Gasteiger partial charge in [-0.25, -0.2) is 22.7 Å². The zero-order valence-electron chi connectivity index (χ0n) is 17.7. The normalized spacial score (nSPS) is 19.7. The number of fused-ring (bicyclic) bond motifs is 5. The molecule has 2 atom stereocenters. The van der Waals surface area contributed by atoms with Gasteiger partial charge in [-0.3, -0.25) is 9.48 Å². The second-order valence-electron chi connectivity index (χ2n) is 8.59. The van der Waals surface area contributed by atoms with Gasteiger partial charge in [-0.1, -0.05) is 0 Å². The maximum absolute atomic E-state index is 14.0. The summed E-state index contributed by atoms with van der Waals surface area (Å²) < 4.78 is 44.6. The summed E-state index contributed by atoms with van der Waals surface area (Å²) in [5.74, 6) is -4.08. The minimum atomic E-state index is -1.49. The number of piperidine rings is 1. The number of nitrogens with zero attached hydrogens (tertiary/aromatic N) is 6. The number of aryl methyl sites for hydroxylation is 1. The lowest BCUT2D eigenvalue weighted by molar-refractivity contribution is 0.0392. The van der Waals surface area contributed by atoms with Gasteiger partial charge < -0.3 is 4.90 Å². The smallest absolute Gasteiger partial charge is 0.254 e. The number of amides is 1. The highest BCUT2D eigenvalue weighted by Crippen LogP contribution is 2.45. The second kappa shape index (κ2) is 7.16. The quantitative estimate of drug-likeness (QED) is 0.434. The van der Waals surface area contributed by atoms with E-state index < -0.39 is 17.5 Å². The number of hydrogen-bond acceptors (Lipinski definition) is 4. The van der Waals surface area contributed by atoms with Gasteiger partial charge in [-0.2, -0.15) is 10.2 Å². The fourth-order valence-electron chi connectivity index (χ4n) is 5.30. The SMILES string of the molecule is Cn1nc2c(c1-c1cc(F)c(F)c(F)c1)CC1CCCC2N1C(=O)c1ccn2ncnc2c1. The highest BCUT2D eigenvalue weighted by molar-refractivity contribution is 5.96. The van der Waals surface area contributed by atoms with Crippen LogP contribution < -0.4 is 0 Å².